The summed E-state index contributed by atoms with van der Waals surface area (Å²) >= 11 is 0. The summed E-state index contributed by atoms with van der Waals surface area (Å²) in [5.74, 6) is 1.41. The molecule has 188 valence electrons. The van der Waals surface area contributed by atoms with E-state index in [4.69, 9.17) is 14.2 Å². The topological polar surface area (TPSA) is 119 Å². The molecule has 35 heavy (non-hydrogen) atoms. The van der Waals surface area contributed by atoms with Crippen LogP contribution in [0.1, 0.15) is 39.5 Å². The molecule has 0 spiro atoms. The van der Waals surface area contributed by atoms with Gasteiger partial charge >= 0.3 is 5.69 Å². The van der Waals surface area contributed by atoms with Crippen molar-refractivity contribution in [1.29, 1.82) is 0 Å². The van der Waals surface area contributed by atoms with Crippen LogP contribution in [0.15, 0.2) is 34.1 Å². The number of amides is 1. The fourth-order valence-corrected chi connectivity index (χ4v) is 3.92. The van der Waals surface area contributed by atoms with Crippen LogP contribution in [-0.4, -0.2) is 44.5 Å². The molecule has 1 N–H and O–H groups in total. The van der Waals surface area contributed by atoms with Crippen molar-refractivity contribution in [2.75, 3.05) is 19.9 Å². The van der Waals surface area contributed by atoms with E-state index in [2.05, 4.69) is 17.2 Å². The van der Waals surface area contributed by atoms with Crippen molar-refractivity contribution in [2.24, 2.45) is 0 Å². The Kier molecular flexibility index (Phi) is 7.74. The summed E-state index contributed by atoms with van der Waals surface area (Å²) in [4.78, 5) is 43.3. The first kappa shape index (κ1) is 24.4. The van der Waals surface area contributed by atoms with Crippen LogP contribution in [0, 0.1) is 0 Å². The Morgan fingerprint density at radius 1 is 1.09 bits per heavy atom. The first-order valence-electron chi connectivity index (χ1n) is 12.0. The van der Waals surface area contributed by atoms with Gasteiger partial charge in [0.1, 0.15) is 18.9 Å². The van der Waals surface area contributed by atoms with E-state index in [0.717, 1.165) is 30.3 Å². The van der Waals surface area contributed by atoms with Gasteiger partial charge in [-0.05, 0) is 25.0 Å². The normalized spacial score (nSPS) is 12.3. The lowest BCUT2D eigenvalue weighted by Gasteiger charge is -2.13. The number of aromatic nitrogens is 4. The second kappa shape index (κ2) is 11.1. The number of fused-ring (bicyclic) bond motifs is 2. The molecular formula is C24H31N5O6. The number of hydrogen-bond acceptors (Lipinski definition) is 7. The molecule has 0 atom stereocenters. The van der Waals surface area contributed by atoms with Crippen LogP contribution < -0.4 is 30.8 Å². The van der Waals surface area contributed by atoms with E-state index in [1.807, 2.05) is 6.92 Å². The lowest BCUT2D eigenvalue weighted by molar-refractivity contribution is -0.121. The molecule has 0 aliphatic carbocycles. The lowest BCUT2D eigenvalue weighted by Crippen LogP contribution is -2.44. The van der Waals surface area contributed by atoms with E-state index in [9.17, 15) is 14.4 Å². The fraction of sp³-hybridized carbons (Fsp3) is 0.500. The molecule has 1 amide bonds. The standard InChI is InChI=1S/C24H31N5O6/c1-3-5-10-27-15-26-22-21(27)23(31)29(24(32)28(22)11-6-4-2)14-20(30)25-9-12-33-17-7-8-18-19(13-17)35-16-34-18/h7-8,13,15H,3-6,9-12,14,16H2,1-2H3,(H,25,30). The molecule has 3 aromatic rings. The minimum Gasteiger partial charge on any atom is -0.492 e. The van der Waals surface area contributed by atoms with Crippen LogP contribution in [0.25, 0.3) is 11.2 Å². The number of benzene rings is 1. The summed E-state index contributed by atoms with van der Waals surface area (Å²) in [6, 6.07) is 5.23. The van der Waals surface area contributed by atoms with Crippen LogP contribution in [0.3, 0.4) is 0 Å². The molecule has 2 aromatic heterocycles. The first-order valence-corrected chi connectivity index (χ1v) is 12.0. The van der Waals surface area contributed by atoms with Gasteiger partial charge in [-0.3, -0.25) is 14.2 Å². The largest absolute Gasteiger partial charge is 0.492 e. The van der Waals surface area contributed by atoms with Gasteiger partial charge in [0.2, 0.25) is 12.7 Å². The van der Waals surface area contributed by atoms with Crippen LogP contribution in [-0.2, 0) is 24.4 Å². The van der Waals surface area contributed by atoms with Crippen molar-refractivity contribution >= 4 is 17.1 Å². The van der Waals surface area contributed by atoms with Gasteiger partial charge in [-0.25, -0.2) is 14.3 Å². The zero-order chi connectivity index (χ0) is 24.8. The number of imidazole rings is 1. The third kappa shape index (κ3) is 5.33. The number of nitrogens with zero attached hydrogens (tertiary/aromatic N) is 4. The number of nitrogens with one attached hydrogen (secondary N) is 1. The highest BCUT2D eigenvalue weighted by atomic mass is 16.7. The van der Waals surface area contributed by atoms with E-state index in [-0.39, 0.29) is 26.5 Å². The summed E-state index contributed by atoms with van der Waals surface area (Å²) in [6.45, 7) is 5.38. The van der Waals surface area contributed by atoms with E-state index < -0.39 is 17.2 Å². The van der Waals surface area contributed by atoms with E-state index in [1.165, 1.54) is 4.57 Å². The van der Waals surface area contributed by atoms with Gasteiger partial charge < -0.3 is 24.1 Å². The number of hydrogen-bond donors (Lipinski definition) is 1. The predicted octanol–water partition coefficient (Wildman–Crippen LogP) is 1.88. The van der Waals surface area contributed by atoms with Crippen molar-refractivity contribution in [2.45, 2.75) is 59.2 Å². The monoisotopic (exact) mass is 485 g/mol. The average Bonchev–Trinajstić information content (AvgIpc) is 3.50. The van der Waals surface area contributed by atoms with Crippen molar-refractivity contribution in [3.63, 3.8) is 0 Å². The van der Waals surface area contributed by atoms with Crippen LogP contribution >= 0.6 is 0 Å². The average molecular weight is 486 g/mol. The predicted molar refractivity (Wildman–Crippen MR) is 129 cm³/mol. The Morgan fingerprint density at radius 3 is 2.66 bits per heavy atom. The molecule has 1 aromatic carbocycles. The molecule has 4 rings (SSSR count). The van der Waals surface area contributed by atoms with Crippen molar-refractivity contribution in [1.82, 2.24) is 24.0 Å². The smallest absolute Gasteiger partial charge is 0.333 e. The SMILES string of the molecule is CCCCn1cnc2c1c(=O)n(CC(=O)NCCOc1ccc3c(c1)OCO3)c(=O)n2CCCC. The number of rotatable bonds is 12. The molecule has 1 aliphatic rings. The molecule has 0 radical (unpaired) electrons. The molecule has 11 nitrogen and oxygen atoms in total. The highest BCUT2D eigenvalue weighted by Crippen LogP contribution is 2.34. The van der Waals surface area contributed by atoms with Crippen LogP contribution in [0.4, 0.5) is 0 Å². The van der Waals surface area contributed by atoms with Gasteiger partial charge in [0, 0.05) is 19.2 Å². The van der Waals surface area contributed by atoms with Crippen molar-refractivity contribution in [3.05, 3.63) is 45.4 Å². The number of ether oxygens (including phenoxy) is 3. The molecule has 0 saturated carbocycles. The second-order valence-corrected chi connectivity index (χ2v) is 8.36. The van der Waals surface area contributed by atoms with Crippen LogP contribution in [0.2, 0.25) is 0 Å². The Labute approximate surface area is 202 Å². The summed E-state index contributed by atoms with van der Waals surface area (Å²) in [5, 5.41) is 2.71. The zero-order valence-corrected chi connectivity index (χ0v) is 20.1. The van der Waals surface area contributed by atoms with Gasteiger partial charge in [-0.15, -0.1) is 0 Å². The zero-order valence-electron chi connectivity index (χ0n) is 20.1. The van der Waals surface area contributed by atoms with Crippen molar-refractivity contribution in [3.8, 4) is 17.2 Å². The molecule has 0 unspecified atom stereocenters. The van der Waals surface area contributed by atoms with Gasteiger partial charge in [-0.2, -0.15) is 0 Å². The molecule has 3 heterocycles. The van der Waals surface area contributed by atoms with Crippen LogP contribution in [0.5, 0.6) is 17.2 Å². The van der Waals surface area contributed by atoms with Gasteiger partial charge in [-0.1, -0.05) is 26.7 Å². The lowest BCUT2D eigenvalue weighted by atomic mass is 10.3. The highest BCUT2D eigenvalue weighted by molar-refractivity contribution is 5.76. The van der Waals surface area contributed by atoms with E-state index in [1.54, 1.807) is 29.1 Å². The van der Waals surface area contributed by atoms with Gasteiger partial charge in [0.05, 0.1) is 12.9 Å². The molecular weight excluding hydrogens is 454 g/mol. The third-order valence-electron chi connectivity index (χ3n) is 5.81. The first-order chi connectivity index (χ1) is 17.0. The molecule has 1 aliphatic heterocycles. The maximum absolute atomic E-state index is 13.2. The summed E-state index contributed by atoms with van der Waals surface area (Å²) in [5.41, 5.74) is -0.298. The maximum Gasteiger partial charge on any atom is 0.333 e. The molecule has 0 saturated heterocycles. The fourth-order valence-electron chi connectivity index (χ4n) is 3.92. The number of carbonyl (C=O) groups excluding carboxylic acids is 1. The molecule has 0 fully saturated rings. The Balaban J connectivity index is 1.45. The molecule has 0 bridgehead atoms. The quantitative estimate of drug-likeness (QED) is 0.389. The van der Waals surface area contributed by atoms with E-state index >= 15 is 0 Å². The summed E-state index contributed by atoms with van der Waals surface area (Å²) < 4.78 is 20.5. The van der Waals surface area contributed by atoms with E-state index in [0.29, 0.717) is 41.5 Å². The maximum atomic E-state index is 13.2. The van der Waals surface area contributed by atoms with Gasteiger partial charge in [0.15, 0.2) is 22.7 Å². The van der Waals surface area contributed by atoms with Crippen molar-refractivity contribution < 1.29 is 19.0 Å². The Morgan fingerprint density at radius 2 is 1.86 bits per heavy atom. The minimum atomic E-state index is -0.525. The summed E-state index contributed by atoms with van der Waals surface area (Å²) in [7, 11) is 0. The highest BCUT2D eigenvalue weighted by Gasteiger charge is 2.19. The number of carbonyl (C=O) groups is 1. The number of aryl methyl sites for hydroxylation is 2. The Bertz CT molecular complexity index is 1310. The minimum absolute atomic E-state index is 0.180. The molecule has 11 heteroatoms. The second-order valence-electron chi connectivity index (χ2n) is 8.36. The number of unbranched alkanes of at least 4 members (excludes halogenated alkanes) is 2. The third-order valence-corrected chi connectivity index (χ3v) is 5.81. The van der Waals surface area contributed by atoms with Gasteiger partial charge in [0.25, 0.3) is 5.56 Å². The Hall–Kier alpha value is -3.76. The summed E-state index contributed by atoms with van der Waals surface area (Å²) in [6.07, 6.45) is 5.08.